The quantitative estimate of drug-likeness (QED) is 0.579. The molecule has 1 fully saturated rings. The van der Waals surface area contributed by atoms with Gasteiger partial charge in [-0.2, -0.15) is 0 Å². The van der Waals surface area contributed by atoms with Gasteiger partial charge in [0, 0.05) is 18.5 Å². The van der Waals surface area contributed by atoms with Gasteiger partial charge in [0.15, 0.2) is 17.1 Å². The Morgan fingerprint density at radius 1 is 1.17 bits per heavy atom. The SMILES string of the molecule is CC(C)(Oc1cccc(CNC2CCC(c3nc4ccccc4o3)CC2)c1)C(=O)O. The summed E-state index contributed by atoms with van der Waals surface area (Å²) >= 11 is 0. The zero-order chi connectivity index (χ0) is 21.1. The van der Waals surface area contributed by atoms with Gasteiger partial charge in [0.25, 0.3) is 0 Å². The number of nitrogens with one attached hydrogen (secondary N) is 1. The maximum Gasteiger partial charge on any atom is 0.347 e. The predicted octanol–water partition coefficient (Wildman–Crippen LogP) is 4.89. The number of para-hydroxylation sites is 2. The number of hydrogen-bond donors (Lipinski definition) is 2. The Morgan fingerprint density at radius 3 is 2.67 bits per heavy atom. The van der Waals surface area contributed by atoms with Gasteiger partial charge in [0.2, 0.25) is 0 Å². The van der Waals surface area contributed by atoms with Crippen LogP contribution in [0, 0.1) is 0 Å². The van der Waals surface area contributed by atoms with Crippen LogP contribution in [0.3, 0.4) is 0 Å². The van der Waals surface area contributed by atoms with E-state index in [0.717, 1.165) is 54.8 Å². The van der Waals surface area contributed by atoms with Crippen LogP contribution in [0.15, 0.2) is 52.9 Å². The van der Waals surface area contributed by atoms with Crippen LogP contribution >= 0.6 is 0 Å². The van der Waals surface area contributed by atoms with Crippen LogP contribution < -0.4 is 10.1 Å². The van der Waals surface area contributed by atoms with Gasteiger partial charge in [-0.3, -0.25) is 0 Å². The number of benzene rings is 2. The maximum absolute atomic E-state index is 11.3. The topological polar surface area (TPSA) is 84.6 Å². The molecule has 6 nitrogen and oxygen atoms in total. The van der Waals surface area contributed by atoms with E-state index in [0.29, 0.717) is 17.7 Å². The Bertz CT molecular complexity index is 986. The van der Waals surface area contributed by atoms with Gasteiger partial charge >= 0.3 is 5.97 Å². The summed E-state index contributed by atoms with van der Waals surface area (Å²) in [6.45, 7) is 3.83. The van der Waals surface area contributed by atoms with Gasteiger partial charge in [-0.1, -0.05) is 24.3 Å². The van der Waals surface area contributed by atoms with E-state index in [1.54, 1.807) is 19.9 Å². The Hall–Kier alpha value is -2.86. The smallest absolute Gasteiger partial charge is 0.347 e. The van der Waals surface area contributed by atoms with Gasteiger partial charge < -0.3 is 19.6 Å². The van der Waals surface area contributed by atoms with Crippen molar-refractivity contribution in [2.45, 2.75) is 63.6 Å². The fraction of sp³-hybridized carbons (Fsp3) is 0.417. The lowest BCUT2D eigenvalue weighted by molar-refractivity contribution is -0.152. The summed E-state index contributed by atoms with van der Waals surface area (Å²) in [5.41, 5.74) is 1.62. The zero-order valence-electron chi connectivity index (χ0n) is 17.4. The average molecular weight is 408 g/mol. The minimum atomic E-state index is -1.25. The lowest BCUT2D eigenvalue weighted by atomic mass is 9.86. The second kappa shape index (κ2) is 8.48. The molecular weight excluding hydrogens is 380 g/mol. The molecule has 3 aromatic rings. The molecule has 1 saturated carbocycles. The summed E-state index contributed by atoms with van der Waals surface area (Å²) in [5.74, 6) is 0.828. The molecule has 0 unspecified atom stereocenters. The molecule has 1 aliphatic rings. The number of fused-ring (bicyclic) bond motifs is 1. The Kier molecular flexibility index (Phi) is 5.77. The Morgan fingerprint density at radius 2 is 1.93 bits per heavy atom. The average Bonchev–Trinajstić information content (AvgIpc) is 3.17. The number of carboxylic acids is 1. The molecule has 158 valence electrons. The van der Waals surface area contributed by atoms with Crippen molar-refractivity contribution in [1.29, 1.82) is 0 Å². The zero-order valence-corrected chi connectivity index (χ0v) is 17.4. The number of ether oxygens (including phenoxy) is 1. The third-order valence-corrected chi connectivity index (χ3v) is 5.77. The van der Waals surface area contributed by atoms with E-state index in [4.69, 9.17) is 9.15 Å². The van der Waals surface area contributed by atoms with Crippen LogP contribution in [-0.4, -0.2) is 27.7 Å². The first-order valence-corrected chi connectivity index (χ1v) is 10.5. The molecule has 1 aliphatic carbocycles. The third kappa shape index (κ3) is 4.65. The van der Waals surface area contributed by atoms with Crippen molar-refractivity contribution in [2.24, 2.45) is 0 Å². The van der Waals surface area contributed by atoms with Crippen molar-refractivity contribution in [3.63, 3.8) is 0 Å². The Balaban J connectivity index is 1.29. The van der Waals surface area contributed by atoms with Gasteiger partial charge in [0.05, 0.1) is 0 Å². The van der Waals surface area contributed by atoms with E-state index in [2.05, 4.69) is 10.3 Å². The van der Waals surface area contributed by atoms with Crippen LogP contribution in [-0.2, 0) is 11.3 Å². The number of nitrogens with zero attached hydrogens (tertiary/aromatic N) is 1. The molecule has 0 amide bonds. The molecule has 6 heteroatoms. The summed E-state index contributed by atoms with van der Waals surface area (Å²) < 4.78 is 11.6. The van der Waals surface area contributed by atoms with Crippen molar-refractivity contribution in [1.82, 2.24) is 10.3 Å². The van der Waals surface area contributed by atoms with Crippen LogP contribution in [0.4, 0.5) is 0 Å². The molecule has 4 rings (SSSR count). The third-order valence-electron chi connectivity index (χ3n) is 5.77. The standard InChI is InChI=1S/C24H28N2O4/c1-24(2,23(27)28)30-19-7-5-6-16(14-19)15-25-18-12-10-17(11-13-18)22-26-20-8-3-4-9-21(20)29-22/h3-9,14,17-18,25H,10-13,15H2,1-2H3,(H,27,28). The van der Waals surface area contributed by atoms with E-state index in [1.807, 2.05) is 42.5 Å². The molecule has 2 aromatic carbocycles. The highest BCUT2D eigenvalue weighted by Crippen LogP contribution is 2.34. The summed E-state index contributed by atoms with van der Waals surface area (Å²) in [4.78, 5) is 15.9. The predicted molar refractivity (Wildman–Crippen MR) is 115 cm³/mol. The first kappa shape index (κ1) is 20.4. The van der Waals surface area contributed by atoms with Gasteiger partial charge in [-0.25, -0.2) is 9.78 Å². The van der Waals surface area contributed by atoms with Gasteiger partial charge in [0.1, 0.15) is 11.3 Å². The molecule has 2 N–H and O–H groups in total. The van der Waals surface area contributed by atoms with E-state index in [9.17, 15) is 9.90 Å². The molecule has 0 atom stereocenters. The normalized spacial score (nSPS) is 19.7. The first-order chi connectivity index (χ1) is 14.4. The maximum atomic E-state index is 11.3. The minimum absolute atomic E-state index is 0.380. The fourth-order valence-corrected chi connectivity index (χ4v) is 3.93. The lowest BCUT2D eigenvalue weighted by Gasteiger charge is -2.27. The monoisotopic (exact) mass is 408 g/mol. The minimum Gasteiger partial charge on any atom is -0.478 e. The van der Waals surface area contributed by atoms with Crippen LogP contribution in [0.25, 0.3) is 11.1 Å². The largest absolute Gasteiger partial charge is 0.478 e. The van der Waals surface area contributed by atoms with Crippen LogP contribution in [0.1, 0.15) is 56.9 Å². The van der Waals surface area contributed by atoms with Crippen molar-refractivity contribution in [2.75, 3.05) is 0 Å². The van der Waals surface area contributed by atoms with Crippen molar-refractivity contribution in [3.8, 4) is 5.75 Å². The summed E-state index contributed by atoms with van der Waals surface area (Å²) in [6.07, 6.45) is 4.26. The van der Waals surface area contributed by atoms with E-state index in [1.165, 1.54) is 0 Å². The van der Waals surface area contributed by atoms with Crippen molar-refractivity contribution < 1.29 is 19.1 Å². The highest BCUT2D eigenvalue weighted by atomic mass is 16.5. The van der Waals surface area contributed by atoms with Crippen molar-refractivity contribution in [3.05, 3.63) is 60.0 Å². The number of oxazole rings is 1. The number of aromatic nitrogens is 1. The van der Waals surface area contributed by atoms with Gasteiger partial charge in [-0.05, 0) is 69.4 Å². The van der Waals surface area contributed by atoms with Gasteiger partial charge in [-0.15, -0.1) is 0 Å². The second-order valence-corrected chi connectivity index (χ2v) is 8.51. The molecule has 0 radical (unpaired) electrons. The molecule has 1 aromatic heterocycles. The van der Waals surface area contributed by atoms with Crippen LogP contribution in [0.5, 0.6) is 5.75 Å². The van der Waals surface area contributed by atoms with Crippen LogP contribution in [0.2, 0.25) is 0 Å². The molecule has 0 saturated heterocycles. The molecule has 0 aliphatic heterocycles. The number of aliphatic carboxylic acids is 1. The number of carbonyl (C=O) groups is 1. The fourth-order valence-electron chi connectivity index (χ4n) is 3.93. The highest BCUT2D eigenvalue weighted by Gasteiger charge is 2.29. The summed E-state index contributed by atoms with van der Waals surface area (Å²) in [7, 11) is 0. The number of rotatable bonds is 7. The summed E-state index contributed by atoms with van der Waals surface area (Å²) in [6, 6.07) is 16.0. The molecule has 0 bridgehead atoms. The van der Waals surface area contributed by atoms with Crippen molar-refractivity contribution >= 4 is 17.1 Å². The summed E-state index contributed by atoms with van der Waals surface area (Å²) in [5, 5.41) is 12.9. The van der Waals surface area contributed by atoms with E-state index >= 15 is 0 Å². The molecular formula is C24H28N2O4. The lowest BCUT2D eigenvalue weighted by Crippen LogP contribution is -2.37. The molecule has 1 heterocycles. The number of carboxylic acid groups (broad SMARTS) is 1. The molecule has 30 heavy (non-hydrogen) atoms. The van der Waals surface area contributed by atoms with E-state index < -0.39 is 11.6 Å². The molecule has 0 spiro atoms. The van der Waals surface area contributed by atoms with E-state index in [-0.39, 0.29) is 0 Å². The Labute approximate surface area is 176 Å². The first-order valence-electron chi connectivity index (χ1n) is 10.5. The second-order valence-electron chi connectivity index (χ2n) is 8.51. The number of hydrogen-bond acceptors (Lipinski definition) is 5. The highest BCUT2D eigenvalue weighted by molar-refractivity contribution is 5.76.